The molecule has 8 aliphatic rings. The number of carbonyl (C=O) groups is 2. The van der Waals surface area contributed by atoms with Crippen molar-refractivity contribution in [1.29, 1.82) is 0 Å². The molecule has 0 unspecified atom stereocenters. The molecule has 0 radical (unpaired) electrons. The Kier molecular flexibility index (Phi) is 19.6. The standard InChI is InChI=1S/C64H112N4O6/c1-43(2)15-13-17-45(5)53-23-25-55-51-21-19-47-41-49(27-33-61(47,7)57(51)29-35-63(53,55)9)73-59(69)31-38-65-37-11-12-39-67(68(72)66-71)40-32-60(70)74-50-28-34-62(8)48(42-50)20-22-52-56-26-24-54(46(6)18-14-16-44(3)4)64(56,10)36-30-58(52)62/h43-58,65,71H,11-42H2,1-10H3/b68-66-/t45-,46-,47+,48+,49+,50+,51+,52+,53-,54-,55+,56+,57+,58+,61+,62+,63-,64-/m1/s1. The predicted molar refractivity (Wildman–Crippen MR) is 297 cm³/mol. The van der Waals surface area contributed by atoms with Crippen molar-refractivity contribution >= 4 is 11.9 Å². The van der Waals surface area contributed by atoms with Crippen molar-refractivity contribution in [2.75, 3.05) is 26.2 Å². The highest BCUT2D eigenvalue weighted by Crippen LogP contribution is 2.70. The Labute approximate surface area is 452 Å². The van der Waals surface area contributed by atoms with Gasteiger partial charge in [-0.25, -0.2) is 0 Å². The third kappa shape index (κ3) is 12.5. The fraction of sp³-hybridized carbons (Fsp3) is 0.969. The van der Waals surface area contributed by atoms with Crippen LogP contribution < -0.4 is 5.32 Å². The molecule has 74 heavy (non-hydrogen) atoms. The van der Waals surface area contributed by atoms with Gasteiger partial charge in [0.05, 0.1) is 39.0 Å². The van der Waals surface area contributed by atoms with Crippen LogP contribution in [0.15, 0.2) is 5.28 Å². The number of fused-ring (bicyclic) bond motifs is 10. The number of rotatable bonds is 24. The molecular formula is C64H112N4O6. The number of quaternary nitrogens is 1. The van der Waals surface area contributed by atoms with Gasteiger partial charge < -0.3 is 25.2 Å². The van der Waals surface area contributed by atoms with Crippen LogP contribution in [0.3, 0.4) is 0 Å². The summed E-state index contributed by atoms with van der Waals surface area (Å²) in [5.41, 5.74) is 1.73. The highest BCUT2D eigenvalue weighted by molar-refractivity contribution is 5.70. The first-order valence-electron chi connectivity index (χ1n) is 32.1. The summed E-state index contributed by atoms with van der Waals surface area (Å²) in [6, 6.07) is 0. The zero-order valence-corrected chi connectivity index (χ0v) is 49.2. The van der Waals surface area contributed by atoms with Crippen molar-refractivity contribution < 1.29 is 29.3 Å². The number of nitrogens with zero attached hydrogens (tertiary/aromatic N) is 3. The van der Waals surface area contributed by atoms with Crippen molar-refractivity contribution in [3.05, 3.63) is 10.4 Å². The fourth-order valence-corrected chi connectivity index (χ4v) is 20.7. The Hall–Kier alpha value is -2.10. The second-order valence-corrected chi connectivity index (χ2v) is 29.5. The lowest BCUT2D eigenvalue weighted by atomic mass is 9.44. The Morgan fingerprint density at radius 2 is 1.01 bits per heavy atom. The lowest BCUT2D eigenvalue weighted by Crippen LogP contribution is -2.84. The number of unbranched alkanes of at least 4 members (excludes halogenated alkanes) is 1. The van der Waals surface area contributed by atoms with Gasteiger partial charge in [0.25, 0.3) is 0 Å². The summed E-state index contributed by atoms with van der Waals surface area (Å²) in [6.07, 6.45) is 33.0. The van der Waals surface area contributed by atoms with Gasteiger partial charge in [-0.2, -0.15) is 0 Å². The molecule has 0 aromatic heterocycles. The predicted octanol–water partition coefficient (Wildman–Crippen LogP) is 14.9. The van der Waals surface area contributed by atoms with Crippen LogP contribution >= 0.6 is 0 Å². The highest BCUT2D eigenvalue weighted by atomic mass is 16.6. The quantitative estimate of drug-likeness (QED) is 0.0334. The van der Waals surface area contributed by atoms with E-state index in [4.69, 9.17) is 9.47 Å². The maximum Gasteiger partial charge on any atom is 0.311 e. The molecule has 0 saturated heterocycles. The molecular weight excluding hydrogens is 921 g/mol. The van der Waals surface area contributed by atoms with E-state index in [-0.39, 0.29) is 42.1 Å². The van der Waals surface area contributed by atoms with Gasteiger partial charge in [0.15, 0.2) is 0 Å². The van der Waals surface area contributed by atoms with Gasteiger partial charge in [-0.05, 0) is 238 Å². The lowest BCUT2D eigenvalue weighted by Gasteiger charge is -2.61. The molecule has 8 saturated carbocycles. The van der Waals surface area contributed by atoms with Gasteiger partial charge in [-0.1, -0.05) is 108 Å². The first-order chi connectivity index (χ1) is 35.3. The SMILES string of the molecule is CC(C)CCC[C@@H](C)[C@H]1CC[C@H]2[C@@H]3CC[C@H]4C[C@@H](OC(=O)CC[NH2+]CCCCN(CCC(=O)O[C@H]5CC[C@@]6(C)[C@@H](CC[C@@H]7[C@@H]6CC[C@]6(C)[C@@H]([C@H](C)CCCC(C)C)CC[C@@H]76)C5)/[N+]([O-])=N/[O-])CC[C@]4(C)[C@H]3CC[C@]12C. The number of hydrogen-bond donors (Lipinski definition) is 1. The smallest absolute Gasteiger partial charge is 0.311 e. The highest BCUT2D eigenvalue weighted by Gasteiger charge is 2.62. The minimum atomic E-state index is -0.286. The zero-order valence-electron chi connectivity index (χ0n) is 49.2. The van der Waals surface area contributed by atoms with E-state index in [1.807, 2.05) is 0 Å². The number of hydrogen-bond acceptors (Lipinski definition) is 7. The Balaban J connectivity index is 0.693. The van der Waals surface area contributed by atoms with Crippen LogP contribution in [0.5, 0.6) is 0 Å². The van der Waals surface area contributed by atoms with Gasteiger partial charge in [0.2, 0.25) is 0 Å². The molecule has 0 amide bonds. The van der Waals surface area contributed by atoms with Crippen LogP contribution in [0.25, 0.3) is 0 Å². The summed E-state index contributed by atoms with van der Waals surface area (Å²) in [7, 11) is 0. The minimum Gasteiger partial charge on any atom is -0.737 e. The molecule has 10 nitrogen and oxygen atoms in total. The molecule has 10 heteroatoms. The summed E-state index contributed by atoms with van der Waals surface area (Å²) < 4.78 is 12.3. The Bertz CT molecular complexity index is 1860. The molecule has 424 valence electrons. The van der Waals surface area contributed by atoms with E-state index < -0.39 is 0 Å². The van der Waals surface area contributed by atoms with Crippen molar-refractivity contribution in [3.63, 3.8) is 0 Å². The number of hydrazine groups is 1. The van der Waals surface area contributed by atoms with Crippen LogP contribution in [-0.2, 0) is 19.1 Å². The van der Waals surface area contributed by atoms with Crippen LogP contribution in [0, 0.1) is 115 Å². The number of esters is 2. The summed E-state index contributed by atoms with van der Waals surface area (Å²) >= 11 is 0. The van der Waals surface area contributed by atoms with Crippen molar-refractivity contribution in [3.8, 4) is 0 Å². The maximum absolute atomic E-state index is 13.3. The monoisotopic (exact) mass is 1030 g/mol. The van der Waals surface area contributed by atoms with E-state index in [1.54, 1.807) is 0 Å². The molecule has 0 aromatic rings. The Morgan fingerprint density at radius 3 is 1.49 bits per heavy atom. The second-order valence-electron chi connectivity index (χ2n) is 29.5. The second kappa shape index (κ2) is 24.9. The third-order valence-electron chi connectivity index (χ3n) is 24.7. The fourth-order valence-electron chi connectivity index (χ4n) is 20.7. The zero-order chi connectivity index (χ0) is 53.0. The average Bonchev–Trinajstić information content (AvgIpc) is 3.91. The van der Waals surface area contributed by atoms with Crippen LogP contribution in [-0.4, -0.2) is 60.3 Å². The molecule has 2 N–H and O–H groups in total. The molecule has 0 aliphatic heterocycles. The lowest BCUT2D eigenvalue weighted by molar-refractivity contribution is -0.691. The van der Waals surface area contributed by atoms with E-state index in [2.05, 4.69) is 79.8 Å². The first kappa shape index (κ1) is 58.1. The molecule has 8 aliphatic carbocycles. The van der Waals surface area contributed by atoms with Crippen molar-refractivity contribution in [2.45, 2.75) is 261 Å². The third-order valence-corrected chi connectivity index (χ3v) is 24.7. The summed E-state index contributed by atoms with van der Waals surface area (Å²) in [5.74, 6) is 11.1. The molecule has 8 fully saturated rings. The molecule has 0 aromatic carbocycles. The van der Waals surface area contributed by atoms with Crippen LogP contribution in [0.1, 0.15) is 249 Å². The van der Waals surface area contributed by atoms with Gasteiger partial charge >= 0.3 is 11.9 Å². The molecule has 8 rings (SSSR count). The molecule has 0 heterocycles. The molecule has 0 bridgehead atoms. The number of carbonyl (C=O) groups excluding carboxylic acids is 2. The van der Waals surface area contributed by atoms with E-state index in [0.29, 0.717) is 59.4 Å². The number of ether oxygens (including phenoxy) is 2. The van der Waals surface area contributed by atoms with E-state index >= 15 is 0 Å². The van der Waals surface area contributed by atoms with Gasteiger partial charge in [0, 0.05) is 4.97 Å². The Morgan fingerprint density at radius 1 is 0.554 bits per heavy atom. The van der Waals surface area contributed by atoms with Gasteiger partial charge in [0.1, 0.15) is 12.2 Å². The molecule has 18 atom stereocenters. The normalized spacial score (nSPS) is 40.5. The van der Waals surface area contributed by atoms with Crippen molar-refractivity contribution in [1.82, 2.24) is 5.01 Å². The average molecular weight is 1030 g/mol. The summed E-state index contributed by atoms with van der Waals surface area (Å²) in [6.45, 7) is 27.1. The minimum absolute atomic E-state index is 0.0496. The van der Waals surface area contributed by atoms with E-state index in [0.717, 1.165) is 116 Å². The van der Waals surface area contributed by atoms with Gasteiger partial charge in [-0.15, -0.1) is 5.01 Å². The summed E-state index contributed by atoms with van der Waals surface area (Å²) in [4.78, 5) is 26.5. The molecule has 0 spiro atoms. The topological polar surface area (TPSA) is 134 Å². The van der Waals surface area contributed by atoms with E-state index in [1.165, 1.54) is 127 Å². The largest absolute Gasteiger partial charge is 0.737 e. The summed E-state index contributed by atoms with van der Waals surface area (Å²) in [5, 5.41) is 29.9. The maximum atomic E-state index is 13.3. The van der Waals surface area contributed by atoms with Crippen LogP contribution in [0.2, 0.25) is 0 Å². The van der Waals surface area contributed by atoms with Crippen LogP contribution in [0.4, 0.5) is 0 Å². The first-order valence-corrected chi connectivity index (χ1v) is 32.1. The van der Waals surface area contributed by atoms with Gasteiger partial charge in [-0.3, -0.25) is 9.59 Å². The van der Waals surface area contributed by atoms with E-state index in [9.17, 15) is 20.0 Å². The number of nitrogens with two attached hydrogens (primary N) is 1. The van der Waals surface area contributed by atoms with Crippen molar-refractivity contribution in [2.24, 2.45) is 110 Å².